The van der Waals surface area contributed by atoms with E-state index in [0.29, 0.717) is 0 Å². The first-order valence-electron chi connectivity index (χ1n) is 4.74. The minimum atomic E-state index is -0.0406. The molecule has 0 saturated heterocycles. The Morgan fingerprint density at radius 1 is 1.27 bits per heavy atom. The number of aromatic nitrogens is 3. The van der Waals surface area contributed by atoms with Gasteiger partial charge in [-0.1, -0.05) is 30.0 Å². The Morgan fingerprint density at radius 2 is 2.07 bits per heavy atom. The summed E-state index contributed by atoms with van der Waals surface area (Å²) < 4.78 is 3.18. The summed E-state index contributed by atoms with van der Waals surface area (Å²) in [6.45, 7) is 0.770. The maximum atomic E-state index is 11.9. The van der Waals surface area contributed by atoms with Crippen molar-refractivity contribution in [3.8, 4) is 5.69 Å². The highest BCUT2D eigenvalue weighted by Gasteiger charge is 2.19. The smallest absolute Gasteiger partial charge is 0.269 e. The van der Waals surface area contributed by atoms with Crippen molar-refractivity contribution in [2.75, 3.05) is 5.75 Å². The largest absolute Gasteiger partial charge is 0.351 e. The van der Waals surface area contributed by atoms with Crippen molar-refractivity contribution in [3.05, 3.63) is 40.8 Å². The molecule has 0 fully saturated rings. The van der Waals surface area contributed by atoms with E-state index in [2.05, 4.69) is 5.10 Å². The summed E-state index contributed by atoms with van der Waals surface area (Å²) in [5.41, 5.74) is 0.784. The fourth-order valence-electron chi connectivity index (χ4n) is 1.64. The normalized spacial score (nSPS) is 14.1. The fraction of sp³-hybridized carbons (Fsp3) is 0.200. The number of thioether (sulfide) groups is 1. The summed E-state index contributed by atoms with van der Waals surface area (Å²) in [6, 6.07) is 9.50. The number of rotatable bonds is 1. The third kappa shape index (κ3) is 1.31. The molecule has 0 atom stereocenters. The monoisotopic (exact) mass is 219 g/mol. The lowest BCUT2D eigenvalue weighted by Crippen LogP contribution is -2.23. The molecule has 0 aliphatic carbocycles. The molecular weight excluding hydrogens is 210 g/mol. The van der Waals surface area contributed by atoms with E-state index >= 15 is 0 Å². The summed E-state index contributed by atoms with van der Waals surface area (Å²) in [5.74, 6) is 0.952. The predicted octanol–water partition coefficient (Wildman–Crippen LogP) is 1.14. The average molecular weight is 219 g/mol. The van der Waals surface area contributed by atoms with Crippen LogP contribution < -0.4 is 5.69 Å². The van der Waals surface area contributed by atoms with Crippen LogP contribution in [-0.2, 0) is 6.54 Å². The maximum Gasteiger partial charge on any atom is 0.351 e. The van der Waals surface area contributed by atoms with Crippen LogP contribution in [0.5, 0.6) is 0 Å². The van der Waals surface area contributed by atoms with Crippen LogP contribution >= 0.6 is 11.8 Å². The van der Waals surface area contributed by atoms with Gasteiger partial charge in [0.25, 0.3) is 0 Å². The molecule has 2 heterocycles. The Morgan fingerprint density at radius 3 is 2.80 bits per heavy atom. The quantitative estimate of drug-likeness (QED) is 0.722. The third-order valence-electron chi connectivity index (χ3n) is 2.38. The van der Waals surface area contributed by atoms with E-state index in [4.69, 9.17) is 0 Å². The SMILES string of the molecule is O=c1n(-c2ccccc2)nc2n1CCS2. The van der Waals surface area contributed by atoms with Gasteiger partial charge in [0.05, 0.1) is 5.69 Å². The molecule has 2 aromatic rings. The number of nitrogens with zero attached hydrogens (tertiary/aromatic N) is 3. The molecule has 0 saturated carbocycles. The number of para-hydroxylation sites is 1. The zero-order valence-electron chi connectivity index (χ0n) is 7.96. The second kappa shape index (κ2) is 3.27. The highest BCUT2D eigenvalue weighted by Crippen LogP contribution is 2.21. The van der Waals surface area contributed by atoms with E-state index in [0.717, 1.165) is 23.1 Å². The molecule has 1 aliphatic heterocycles. The second-order valence-electron chi connectivity index (χ2n) is 3.31. The lowest BCUT2D eigenvalue weighted by Gasteiger charge is -1.97. The molecule has 0 spiro atoms. The van der Waals surface area contributed by atoms with Crippen molar-refractivity contribution in [1.82, 2.24) is 14.3 Å². The van der Waals surface area contributed by atoms with Gasteiger partial charge in [0.2, 0.25) is 0 Å². The van der Waals surface area contributed by atoms with Gasteiger partial charge in [-0.3, -0.25) is 4.57 Å². The van der Waals surface area contributed by atoms with E-state index in [-0.39, 0.29) is 5.69 Å². The van der Waals surface area contributed by atoms with Gasteiger partial charge in [-0.2, -0.15) is 4.68 Å². The zero-order chi connectivity index (χ0) is 10.3. The van der Waals surface area contributed by atoms with Crippen molar-refractivity contribution in [2.24, 2.45) is 0 Å². The van der Waals surface area contributed by atoms with Crippen LogP contribution in [0.15, 0.2) is 40.3 Å². The van der Waals surface area contributed by atoms with Crippen molar-refractivity contribution in [3.63, 3.8) is 0 Å². The van der Waals surface area contributed by atoms with Gasteiger partial charge in [0.1, 0.15) is 0 Å². The molecule has 4 nitrogen and oxygen atoms in total. The number of hydrogen-bond acceptors (Lipinski definition) is 3. The minimum Gasteiger partial charge on any atom is -0.269 e. The van der Waals surface area contributed by atoms with E-state index < -0.39 is 0 Å². The first kappa shape index (κ1) is 8.79. The molecule has 0 bridgehead atoms. The molecule has 0 radical (unpaired) electrons. The van der Waals surface area contributed by atoms with Crippen LogP contribution in [0.3, 0.4) is 0 Å². The van der Waals surface area contributed by atoms with Crippen LogP contribution in [0, 0.1) is 0 Å². The first-order chi connectivity index (χ1) is 7.36. The van der Waals surface area contributed by atoms with Crippen molar-refractivity contribution in [2.45, 2.75) is 11.7 Å². The average Bonchev–Trinajstić information content (AvgIpc) is 2.83. The van der Waals surface area contributed by atoms with Crippen LogP contribution in [-0.4, -0.2) is 20.1 Å². The fourth-order valence-corrected chi connectivity index (χ4v) is 2.56. The van der Waals surface area contributed by atoms with Crippen LogP contribution in [0.25, 0.3) is 5.69 Å². The van der Waals surface area contributed by atoms with Crippen LogP contribution in [0.1, 0.15) is 0 Å². The topological polar surface area (TPSA) is 39.8 Å². The Kier molecular flexibility index (Phi) is 1.92. The molecule has 1 aromatic carbocycles. The lowest BCUT2D eigenvalue weighted by atomic mass is 10.3. The van der Waals surface area contributed by atoms with Gasteiger partial charge in [-0.05, 0) is 12.1 Å². The van der Waals surface area contributed by atoms with Gasteiger partial charge in [-0.25, -0.2) is 4.79 Å². The summed E-state index contributed by atoms with van der Waals surface area (Å²) >= 11 is 1.63. The summed E-state index contributed by atoms with van der Waals surface area (Å²) in [5, 5.41) is 5.11. The highest BCUT2D eigenvalue weighted by molar-refractivity contribution is 7.99. The summed E-state index contributed by atoms with van der Waals surface area (Å²) in [7, 11) is 0. The van der Waals surface area contributed by atoms with Crippen LogP contribution in [0.4, 0.5) is 0 Å². The highest BCUT2D eigenvalue weighted by atomic mass is 32.2. The van der Waals surface area contributed by atoms with E-state index in [1.807, 2.05) is 30.3 Å². The molecule has 3 rings (SSSR count). The third-order valence-corrected chi connectivity index (χ3v) is 3.32. The molecule has 0 unspecified atom stereocenters. The van der Waals surface area contributed by atoms with Gasteiger partial charge >= 0.3 is 5.69 Å². The first-order valence-corrected chi connectivity index (χ1v) is 5.73. The molecule has 76 valence electrons. The Balaban J connectivity index is 2.19. The molecule has 0 amide bonds. The predicted molar refractivity (Wildman–Crippen MR) is 58.5 cm³/mol. The standard InChI is InChI=1S/C10H9N3OS/c14-10-12-6-7-15-9(12)11-13(10)8-4-2-1-3-5-8/h1-5H,6-7H2. The number of benzene rings is 1. The van der Waals surface area contributed by atoms with Gasteiger partial charge in [0, 0.05) is 12.3 Å². The summed E-state index contributed by atoms with van der Waals surface area (Å²) in [4.78, 5) is 11.9. The molecule has 5 heteroatoms. The molecule has 0 N–H and O–H groups in total. The zero-order valence-corrected chi connectivity index (χ0v) is 8.78. The minimum absolute atomic E-state index is 0.0406. The Bertz CT molecular complexity index is 544. The van der Waals surface area contributed by atoms with E-state index in [1.54, 1.807) is 16.3 Å². The summed E-state index contributed by atoms with van der Waals surface area (Å²) in [6.07, 6.45) is 0. The van der Waals surface area contributed by atoms with Gasteiger partial charge < -0.3 is 0 Å². The van der Waals surface area contributed by atoms with Crippen molar-refractivity contribution in [1.29, 1.82) is 0 Å². The molecule has 1 aromatic heterocycles. The van der Waals surface area contributed by atoms with Gasteiger partial charge in [0.15, 0.2) is 5.16 Å². The maximum absolute atomic E-state index is 11.9. The van der Waals surface area contributed by atoms with Crippen molar-refractivity contribution >= 4 is 11.8 Å². The Hall–Kier alpha value is -1.49. The second-order valence-corrected chi connectivity index (χ2v) is 4.37. The number of fused-ring (bicyclic) bond motifs is 1. The molecular formula is C10H9N3OS. The molecule has 1 aliphatic rings. The van der Waals surface area contributed by atoms with E-state index in [1.165, 1.54) is 4.68 Å². The molecule has 15 heavy (non-hydrogen) atoms. The van der Waals surface area contributed by atoms with E-state index in [9.17, 15) is 4.79 Å². The van der Waals surface area contributed by atoms with Crippen molar-refractivity contribution < 1.29 is 0 Å². The Labute approximate surface area is 90.5 Å². The van der Waals surface area contributed by atoms with Gasteiger partial charge in [-0.15, -0.1) is 5.10 Å². The lowest BCUT2D eigenvalue weighted by molar-refractivity contribution is 0.693. The van der Waals surface area contributed by atoms with Crippen LogP contribution in [0.2, 0.25) is 0 Å². The number of hydrogen-bond donors (Lipinski definition) is 0.